The van der Waals surface area contributed by atoms with Gasteiger partial charge in [0.25, 0.3) is 0 Å². The average Bonchev–Trinajstić information content (AvgIpc) is 0.853. The first-order valence-electron chi connectivity index (χ1n) is 46.8. The molecule has 0 fully saturated rings. The first kappa shape index (κ1) is 120. The number of allylic oxidation sites excluding steroid dienone is 44. The topological polar surface area (TPSA) is 166 Å². The van der Waals surface area contributed by atoms with Crippen LogP contribution in [-0.4, -0.2) is 50.6 Å². The van der Waals surface area contributed by atoms with E-state index in [1.54, 1.807) is 27.7 Å². The molecule has 0 amide bonds. The van der Waals surface area contributed by atoms with Gasteiger partial charge in [-0.2, -0.15) is 0 Å². The minimum atomic E-state index is -0.910. The van der Waals surface area contributed by atoms with Crippen LogP contribution in [0.3, 0.4) is 0 Å². The molecule has 698 valence electrons. The summed E-state index contributed by atoms with van der Waals surface area (Å²) in [5.74, 6) is -2.49. The molecule has 0 aliphatic heterocycles. The number of hydrogen-bond acceptors (Lipinski definition) is 5. The van der Waals surface area contributed by atoms with Gasteiger partial charge in [-0.25, -0.2) is 19.2 Å². The van der Waals surface area contributed by atoms with Crippen molar-refractivity contribution in [3.05, 3.63) is 281 Å². The molecule has 0 aromatic heterocycles. The Hall–Kier alpha value is -8.69. The smallest absolute Gasteiger partial charge is 0.328 e. The Kier molecular flexibility index (Phi) is 61.8. The summed E-state index contributed by atoms with van der Waals surface area (Å²) in [4.78, 5) is 53.2. The van der Waals surface area contributed by atoms with Crippen LogP contribution in [0.15, 0.2) is 281 Å². The molecule has 9 nitrogen and oxygen atoms in total. The third-order valence-corrected chi connectivity index (χ3v) is 24.5. The van der Waals surface area contributed by atoms with Gasteiger partial charge in [-0.1, -0.05) is 316 Å². The predicted octanol–water partition coefficient (Wildman–Crippen LogP) is 35.0. The normalized spacial score (nSPS) is 19.0. The lowest BCUT2D eigenvalue weighted by Gasteiger charge is -2.33. The summed E-state index contributed by atoms with van der Waals surface area (Å²) >= 11 is 0. The second-order valence-corrected chi connectivity index (χ2v) is 38.8. The molecular weight excluding hydrogens is 1540 g/mol. The first-order valence-corrected chi connectivity index (χ1v) is 46.8. The SMILES string of the molecule is C/C=C(\C)C(C)C.C/C=C(\C)CC.C/C=C(\C)CCC.CC1=C(/C=C/C(=C\C=C\C(C)=C/C(=O)O)C(C)C)C(C)(C)CCC1.CC1=C(/C=C/C(C)=C(C)\C=C\C(C)=C\C(=O)O)C(C)(C)CCC1.CC1=C(C=O)C(C)(C)CCC1.CCC(=C/C=C/C(C)=C/C(=O)O)/C=C/C1=C(C)CCCC1(C)C.CCCC(=C/C=C/C(C)=C\C(=O)O)/C=C/C1=C(C)CCCC1(C)C. The van der Waals surface area contributed by atoms with E-state index in [0.717, 1.165) is 77.7 Å². The molecule has 0 unspecified atom stereocenters. The number of carbonyl (C=O) groups excluding carboxylic acids is 1. The number of carboxylic acid groups (broad SMARTS) is 4. The highest BCUT2D eigenvalue weighted by atomic mass is 16.4. The fourth-order valence-electron chi connectivity index (χ4n) is 15.5. The van der Waals surface area contributed by atoms with Crippen LogP contribution in [0.25, 0.3) is 0 Å². The molecule has 0 spiro atoms. The maximum absolute atomic E-state index is 10.7. The van der Waals surface area contributed by atoms with Gasteiger partial charge in [0.15, 0.2) is 0 Å². The van der Waals surface area contributed by atoms with E-state index >= 15 is 0 Å². The summed E-state index contributed by atoms with van der Waals surface area (Å²) in [6.07, 6.45) is 76.8. The molecule has 0 saturated heterocycles. The number of carboxylic acids is 4. The number of aldehydes is 1. The van der Waals surface area contributed by atoms with Gasteiger partial charge < -0.3 is 20.4 Å². The van der Waals surface area contributed by atoms with Crippen LogP contribution in [0.4, 0.5) is 0 Å². The third kappa shape index (κ3) is 54.2. The third-order valence-electron chi connectivity index (χ3n) is 24.5. The van der Waals surface area contributed by atoms with E-state index in [1.165, 1.54) is 216 Å². The zero-order chi connectivity index (χ0) is 96.6. The van der Waals surface area contributed by atoms with E-state index in [4.69, 9.17) is 20.4 Å². The van der Waals surface area contributed by atoms with E-state index in [1.807, 2.05) is 48.6 Å². The van der Waals surface area contributed by atoms with Crippen molar-refractivity contribution in [2.75, 3.05) is 0 Å². The van der Waals surface area contributed by atoms with Crippen molar-refractivity contribution in [2.24, 2.45) is 38.9 Å². The Balaban J connectivity index is -0.00000142. The minimum Gasteiger partial charge on any atom is -0.478 e. The van der Waals surface area contributed by atoms with Crippen LogP contribution in [-0.2, 0) is 24.0 Å². The Morgan fingerprint density at radius 1 is 0.344 bits per heavy atom. The van der Waals surface area contributed by atoms with Gasteiger partial charge in [-0.3, -0.25) is 4.79 Å². The van der Waals surface area contributed by atoms with Crippen LogP contribution in [0.1, 0.15) is 377 Å². The Labute approximate surface area is 766 Å². The highest BCUT2D eigenvalue weighted by Gasteiger charge is 2.31. The summed E-state index contributed by atoms with van der Waals surface area (Å²) in [6, 6.07) is 0. The highest BCUT2D eigenvalue weighted by molar-refractivity contribution is 5.82. The number of aliphatic carboxylic acids is 4. The lowest BCUT2D eigenvalue weighted by molar-refractivity contribution is -0.132. The van der Waals surface area contributed by atoms with Gasteiger partial charge >= 0.3 is 23.9 Å². The fourth-order valence-corrected chi connectivity index (χ4v) is 15.5. The maximum atomic E-state index is 10.7. The summed E-state index contributed by atoms with van der Waals surface area (Å²) in [5.41, 5.74) is 28.8. The predicted molar refractivity (Wildman–Crippen MR) is 547 cm³/mol. The molecule has 0 aromatic carbocycles. The molecule has 5 aliphatic rings. The van der Waals surface area contributed by atoms with Gasteiger partial charge in [-0.15, -0.1) is 0 Å². The summed E-state index contributed by atoms with van der Waals surface area (Å²) < 4.78 is 0. The quantitative estimate of drug-likeness (QED) is 0.0247. The minimum absolute atomic E-state index is 0.129. The van der Waals surface area contributed by atoms with Gasteiger partial charge in [0.1, 0.15) is 6.29 Å². The van der Waals surface area contributed by atoms with E-state index in [9.17, 15) is 24.0 Å². The Morgan fingerprint density at radius 2 is 0.640 bits per heavy atom. The number of carbonyl (C=O) groups is 5. The van der Waals surface area contributed by atoms with E-state index in [2.05, 4.69) is 300 Å². The van der Waals surface area contributed by atoms with Crippen LogP contribution >= 0.6 is 0 Å². The Bertz CT molecular complexity index is 4230. The van der Waals surface area contributed by atoms with Gasteiger partial charge in [0, 0.05) is 24.3 Å². The second kappa shape index (κ2) is 64.1. The van der Waals surface area contributed by atoms with Crippen molar-refractivity contribution in [1.29, 1.82) is 0 Å². The van der Waals surface area contributed by atoms with Gasteiger partial charge in [0.05, 0.1) is 0 Å². The van der Waals surface area contributed by atoms with E-state index < -0.39 is 23.9 Å². The number of hydrogen-bond donors (Lipinski definition) is 4. The van der Waals surface area contributed by atoms with Crippen LogP contribution in [0, 0.1) is 38.9 Å². The largest absolute Gasteiger partial charge is 0.478 e. The standard InChI is InChI=1S/2C22H32O2.2C21H30O2.C10H16O.2C7H14.C6H12/c1-16(2)19(11-7-9-17(3)15-21(23)24)12-13-20-18(4)10-8-14-22(20,5)6;1-6-9-19(12-7-10-17(2)16-21(23)24)13-14-20-18(3)11-8-15-22(20,4)5;1-15(14-20(22)23)9-10-16(2)17(3)11-12-19-18(4)8-7-13-21(19,5)6;1-6-18(11-7-9-16(2)15-20(22)23)12-13-19-17(3)10-8-14-21(19,4)5;1-8-5-4-6-10(2,3)9(8)7-11;1-5-7(4)6(2)3;1-4-6-7(3)5-2;1-4-6(3)5-2/h7,9,11-13,15-16H,8,10,14H2,1-6H3,(H,23,24);7,10,12-14,16H,6,8-9,11,15H2,1-5H3,(H,23,24);9-12,14H,7-8,13H2,1-6H3,(H,22,23);7,9,11-13,15H,6,8,10,14H2,1-5H3,(H,22,23);7H,4-6H2,1-3H3;5-6H,1-4H3;5H,4,6H2,1-3H3;4H,5H2,1-3H3/b9-7+,13-12+,17-15-,19-11+;10-7+,14-13+,17-16-,19-12-;10-9+,12-11+,15-14+,17-16-;9-7+,13-12+,16-15+,18-11-;;2*7-5+;6-4+. The van der Waals surface area contributed by atoms with E-state index in [0.29, 0.717) is 5.92 Å². The lowest BCUT2D eigenvalue weighted by Crippen LogP contribution is -2.21. The molecule has 0 bridgehead atoms. The van der Waals surface area contributed by atoms with Crippen LogP contribution in [0.5, 0.6) is 0 Å². The van der Waals surface area contributed by atoms with Crippen molar-refractivity contribution in [1.82, 2.24) is 0 Å². The monoisotopic (exact) mass is 1720 g/mol. The fraction of sp³-hybridized carbons (Fsp3) is 0.543. The molecule has 0 radical (unpaired) electrons. The lowest BCUT2D eigenvalue weighted by atomic mass is 9.72. The first-order chi connectivity index (χ1) is 58.2. The van der Waals surface area contributed by atoms with Crippen molar-refractivity contribution < 1.29 is 44.4 Å². The summed E-state index contributed by atoms with van der Waals surface area (Å²) in [7, 11) is 0. The van der Waals surface area contributed by atoms with Crippen LogP contribution < -0.4 is 0 Å². The maximum Gasteiger partial charge on any atom is 0.328 e. The van der Waals surface area contributed by atoms with Crippen molar-refractivity contribution in [3.63, 3.8) is 0 Å². The van der Waals surface area contributed by atoms with Gasteiger partial charge in [0.2, 0.25) is 0 Å². The molecule has 0 atom stereocenters. The Morgan fingerprint density at radius 3 is 0.888 bits per heavy atom. The zero-order valence-corrected chi connectivity index (χ0v) is 85.9. The van der Waals surface area contributed by atoms with E-state index in [-0.39, 0.29) is 27.1 Å². The highest BCUT2D eigenvalue weighted by Crippen LogP contribution is 2.45. The molecule has 0 saturated carbocycles. The molecule has 5 aliphatic carbocycles. The molecule has 9 heteroatoms. The second-order valence-electron chi connectivity index (χ2n) is 38.8. The average molecular weight is 1720 g/mol. The zero-order valence-electron chi connectivity index (χ0n) is 85.9. The van der Waals surface area contributed by atoms with Gasteiger partial charge in [-0.05, 0) is 357 Å². The van der Waals surface area contributed by atoms with Crippen molar-refractivity contribution >= 4 is 30.2 Å². The van der Waals surface area contributed by atoms with Crippen molar-refractivity contribution in [3.8, 4) is 0 Å². The van der Waals surface area contributed by atoms with Crippen LogP contribution in [0.2, 0.25) is 0 Å². The summed E-state index contributed by atoms with van der Waals surface area (Å²) in [5, 5.41) is 34.9. The summed E-state index contributed by atoms with van der Waals surface area (Å²) in [6.45, 7) is 75.4. The molecule has 0 aromatic rings. The molecule has 5 rings (SSSR count). The number of rotatable bonds is 29. The molecule has 4 N–H and O–H groups in total. The molecule has 125 heavy (non-hydrogen) atoms. The molecular formula is C116H180O9. The van der Waals surface area contributed by atoms with Crippen molar-refractivity contribution in [2.45, 2.75) is 377 Å². The molecule has 0 heterocycles.